The van der Waals surface area contributed by atoms with E-state index in [-0.39, 0.29) is 11.7 Å². The first-order valence-electron chi connectivity index (χ1n) is 9.65. The largest absolute Gasteiger partial charge is 0.340 e. The molecule has 1 amide bonds. The highest BCUT2D eigenvalue weighted by Gasteiger charge is 2.26. The molecule has 1 aromatic heterocycles. The van der Waals surface area contributed by atoms with E-state index in [0.717, 1.165) is 36.5 Å². The molecule has 2 heterocycles. The standard InChI is InChI=1S/C22H24FN3OS/c1-25(13-16-7-2-3-9-18(16)23)21(27)15-26-12-6-8-17(14-26)22-24-19-10-4-5-11-20(19)28-22/h2-5,7,9-11,17H,6,8,12-15H2,1H3/t17-/m1/s1. The molecule has 0 saturated carbocycles. The van der Waals surface area contributed by atoms with Crippen LogP contribution in [0.25, 0.3) is 10.2 Å². The third kappa shape index (κ3) is 4.23. The average Bonchev–Trinajstić information content (AvgIpc) is 3.14. The average molecular weight is 398 g/mol. The molecule has 28 heavy (non-hydrogen) atoms. The van der Waals surface area contributed by atoms with Crippen molar-refractivity contribution in [1.29, 1.82) is 0 Å². The van der Waals surface area contributed by atoms with E-state index in [2.05, 4.69) is 17.0 Å². The van der Waals surface area contributed by atoms with E-state index in [0.29, 0.717) is 24.6 Å². The molecular weight excluding hydrogens is 373 g/mol. The maximum atomic E-state index is 13.8. The number of hydrogen-bond acceptors (Lipinski definition) is 4. The van der Waals surface area contributed by atoms with Gasteiger partial charge >= 0.3 is 0 Å². The second-order valence-corrected chi connectivity index (χ2v) is 8.50. The van der Waals surface area contributed by atoms with Gasteiger partial charge in [0.15, 0.2) is 0 Å². The van der Waals surface area contributed by atoms with Gasteiger partial charge in [-0.25, -0.2) is 9.37 Å². The van der Waals surface area contributed by atoms with Gasteiger partial charge in [-0.15, -0.1) is 11.3 Å². The van der Waals surface area contributed by atoms with Gasteiger partial charge in [0.1, 0.15) is 5.82 Å². The monoisotopic (exact) mass is 397 g/mol. The minimum Gasteiger partial charge on any atom is -0.340 e. The highest BCUT2D eigenvalue weighted by atomic mass is 32.1. The number of likely N-dealkylation sites (tertiary alicyclic amines) is 1. The lowest BCUT2D eigenvalue weighted by molar-refractivity contribution is -0.132. The lowest BCUT2D eigenvalue weighted by Crippen LogP contribution is -2.42. The van der Waals surface area contributed by atoms with Gasteiger partial charge < -0.3 is 4.90 Å². The van der Waals surface area contributed by atoms with Crippen LogP contribution in [0, 0.1) is 5.82 Å². The van der Waals surface area contributed by atoms with Crippen LogP contribution in [0.2, 0.25) is 0 Å². The van der Waals surface area contributed by atoms with Crippen molar-refractivity contribution in [2.75, 3.05) is 26.7 Å². The van der Waals surface area contributed by atoms with E-state index in [9.17, 15) is 9.18 Å². The molecule has 0 bridgehead atoms. The number of carbonyl (C=O) groups excluding carboxylic acids is 1. The molecule has 1 atom stereocenters. The van der Waals surface area contributed by atoms with Gasteiger partial charge in [-0.2, -0.15) is 0 Å². The Morgan fingerprint density at radius 2 is 2.04 bits per heavy atom. The Morgan fingerprint density at radius 1 is 1.25 bits per heavy atom. The number of carbonyl (C=O) groups is 1. The lowest BCUT2D eigenvalue weighted by atomic mass is 9.98. The van der Waals surface area contributed by atoms with Gasteiger partial charge in [-0.1, -0.05) is 30.3 Å². The van der Waals surface area contributed by atoms with Crippen LogP contribution in [0.4, 0.5) is 4.39 Å². The topological polar surface area (TPSA) is 36.4 Å². The summed E-state index contributed by atoms with van der Waals surface area (Å²) in [7, 11) is 1.74. The van der Waals surface area contributed by atoms with Crippen LogP contribution < -0.4 is 0 Å². The van der Waals surface area contributed by atoms with Gasteiger partial charge in [-0.05, 0) is 37.6 Å². The fourth-order valence-corrected chi connectivity index (χ4v) is 4.84. The molecule has 0 unspecified atom stereocenters. The maximum Gasteiger partial charge on any atom is 0.236 e. The number of nitrogens with zero attached hydrogens (tertiary/aromatic N) is 3. The number of hydrogen-bond donors (Lipinski definition) is 0. The van der Waals surface area contributed by atoms with Gasteiger partial charge in [0.05, 0.1) is 21.8 Å². The second kappa shape index (κ2) is 8.37. The fraction of sp³-hybridized carbons (Fsp3) is 0.364. The Bertz CT molecular complexity index is 940. The van der Waals surface area contributed by atoms with Crippen molar-refractivity contribution in [2.45, 2.75) is 25.3 Å². The quantitative estimate of drug-likeness (QED) is 0.645. The predicted octanol–water partition coefficient (Wildman–Crippen LogP) is 4.27. The number of rotatable bonds is 5. The smallest absolute Gasteiger partial charge is 0.236 e. The second-order valence-electron chi connectivity index (χ2n) is 7.44. The molecular formula is C22H24FN3OS. The highest BCUT2D eigenvalue weighted by molar-refractivity contribution is 7.18. The zero-order chi connectivity index (χ0) is 19.5. The maximum absolute atomic E-state index is 13.8. The molecule has 1 fully saturated rings. The molecule has 4 rings (SSSR count). The predicted molar refractivity (Wildman–Crippen MR) is 111 cm³/mol. The number of thiazole rings is 1. The summed E-state index contributed by atoms with van der Waals surface area (Å²) >= 11 is 1.76. The van der Waals surface area contributed by atoms with Crippen molar-refractivity contribution in [2.24, 2.45) is 0 Å². The molecule has 3 aromatic rings. The third-order valence-electron chi connectivity index (χ3n) is 5.32. The summed E-state index contributed by atoms with van der Waals surface area (Å²) in [5.74, 6) is 0.125. The first-order valence-corrected chi connectivity index (χ1v) is 10.5. The lowest BCUT2D eigenvalue weighted by Gasteiger charge is -2.32. The van der Waals surface area contributed by atoms with Crippen molar-refractivity contribution < 1.29 is 9.18 Å². The zero-order valence-electron chi connectivity index (χ0n) is 16.0. The Labute approximate surface area is 168 Å². The van der Waals surface area contributed by atoms with E-state index in [1.807, 2.05) is 12.1 Å². The summed E-state index contributed by atoms with van der Waals surface area (Å²) in [4.78, 5) is 21.3. The van der Waals surface area contributed by atoms with Crippen molar-refractivity contribution in [3.8, 4) is 0 Å². The summed E-state index contributed by atoms with van der Waals surface area (Å²) in [6, 6.07) is 14.8. The molecule has 1 aliphatic rings. The Morgan fingerprint density at radius 3 is 2.86 bits per heavy atom. The van der Waals surface area contributed by atoms with E-state index >= 15 is 0 Å². The minimum absolute atomic E-state index is 0.0215. The highest BCUT2D eigenvalue weighted by Crippen LogP contribution is 2.32. The minimum atomic E-state index is -0.268. The molecule has 146 valence electrons. The number of likely N-dealkylation sites (N-methyl/N-ethyl adjacent to an activating group) is 1. The molecule has 0 N–H and O–H groups in total. The van der Waals surface area contributed by atoms with Crippen LogP contribution >= 0.6 is 11.3 Å². The summed E-state index contributed by atoms with van der Waals surface area (Å²) in [6.07, 6.45) is 2.17. The molecule has 6 heteroatoms. The van der Waals surface area contributed by atoms with Crippen LogP contribution in [0.15, 0.2) is 48.5 Å². The van der Waals surface area contributed by atoms with Crippen LogP contribution in [0.5, 0.6) is 0 Å². The molecule has 4 nitrogen and oxygen atoms in total. The molecule has 1 saturated heterocycles. The number of aromatic nitrogens is 1. The first-order chi connectivity index (χ1) is 13.6. The van der Waals surface area contributed by atoms with Crippen LogP contribution in [0.3, 0.4) is 0 Å². The number of fused-ring (bicyclic) bond motifs is 1. The summed E-state index contributed by atoms with van der Waals surface area (Å²) in [5, 5.41) is 1.16. The number of amides is 1. The first kappa shape index (κ1) is 19.0. The SMILES string of the molecule is CN(Cc1ccccc1F)C(=O)CN1CCC[C@@H](c2nc3ccccc3s2)C1. The normalized spacial score (nSPS) is 17.7. The zero-order valence-corrected chi connectivity index (χ0v) is 16.8. The van der Waals surface area contributed by atoms with E-state index < -0.39 is 0 Å². The number of halogens is 1. The number of para-hydroxylation sites is 1. The Kier molecular flexibility index (Phi) is 5.69. The van der Waals surface area contributed by atoms with Gasteiger partial charge in [0, 0.05) is 31.6 Å². The Hall–Kier alpha value is -2.31. The molecule has 2 aromatic carbocycles. The van der Waals surface area contributed by atoms with Crippen molar-refractivity contribution >= 4 is 27.5 Å². The molecule has 0 radical (unpaired) electrons. The van der Waals surface area contributed by atoms with E-state index in [1.54, 1.807) is 41.5 Å². The van der Waals surface area contributed by atoms with Crippen molar-refractivity contribution in [3.05, 3.63) is 64.9 Å². The number of piperidine rings is 1. The van der Waals surface area contributed by atoms with Crippen LogP contribution in [-0.2, 0) is 11.3 Å². The van der Waals surface area contributed by atoms with Crippen molar-refractivity contribution in [1.82, 2.24) is 14.8 Å². The van der Waals surface area contributed by atoms with Crippen LogP contribution in [0.1, 0.15) is 29.3 Å². The van der Waals surface area contributed by atoms with Gasteiger partial charge in [-0.3, -0.25) is 9.69 Å². The van der Waals surface area contributed by atoms with E-state index in [1.165, 1.54) is 10.8 Å². The van der Waals surface area contributed by atoms with E-state index in [4.69, 9.17) is 4.98 Å². The fourth-order valence-electron chi connectivity index (χ4n) is 3.75. The summed E-state index contributed by atoms with van der Waals surface area (Å²) in [5.41, 5.74) is 1.60. The van der Waals surface area contributed by atoms with Gasteiger partial charge in [0.25, 0.3) is 0 Å². The summed E-state index contributed by atoms with van der Waals surface area (Å²) < 4.78 is 15.1. The molecule has 1 aliphatic heterocycles. The van der Waals surface area contributed by atoms with Crippen molar-refractivity contribution in [3.63, 3.8) is 0 Å². The number of benzene rings is 2. The third-order valence-corrected chi connectivity index (χ3v) is 6.51. The Balaban J connectivity index is 1.37. The molecule has 0 aliphatic carbocycles. The van der Waals surface area contributed by atoms with Crippen LogP contribution in [-0.4, -0.2) is 47.4 Å². The summed E-state index contributed by atoms with van der Waals surface area (Å²) in [6.45, 7) is 2.42. The molecule has 0 spiro atoms. The van der Waals surface area contributed by atoms with Gasteiger partial charge in [0.2, 0.25) is 5.91 Å².